The number of hydrogen-bond donors (Lipinski definition) is 0. The highest BCUT2D eigenvalue weighted by Gasteiger charge is 2.19. The highest BCUT2D eigenvalue weighted by Crippen LogP contribution is 2.19. The van der Waals surface area contributed by atoms with Crippen molar-refractivity contribution >= 4 is 17.9 Å². The second-order valence-electron chi connectivity index (χ2n) is 23.1. The van der Waals surface area contributed by atoms with Crippen molar-refractivity contribution in [3.8, 4) is 0 Å². The van der Waals surface area contributed by atoms with Crippen molar-refractivity contribution in [2.75, 3.05) is 13.2 Å². The topological polar surface area (TPSA) is 78.9 Å². The fourth-order valence-corrected chi connectivity index (χ4v) is 10.2. The lowest BCUT2D eigenvalue weighted by atomic mass is 10.0. The number of allylic oxidation sites excluding steroid dienone is 8. The molecule has 0 aliphatic carbocycles. The molecule has 0 heterocycles. The SMILES string of the molecule is CC/C=C\C/C=C\C/C=C\CCCCCCCC(=O)OC(COC(=O)CCCCCCC/C=C\CCC)COC(=O)CCCCCCCCCCCCCCCCCCCCCCCCCCCCCCCCCCCC. The molecule has 0 aromatic rings. The zero-order valence-electron chi connectivity index (χ0n) is 51.7. The van der Waals surface area contributed by atoms with E-state index in [4.69, 9.17) is 14.2 Å². The highest BCUT2D eigenvalue weighted by molar-refractivity contribution is 5.71. The predicted molar refractivity (Wildman–Crippen MR) is 335 cm³/mol. The van der Waals surface area contributed by atoms with Crippen LogP contribution in [0.25, 0.3) is 0 Å². The minimum atomic E-state index is -0.784. The van der Waals surface area contributed by atoms with E-state index in [0.29, 0.717) is 19.3 Å². The molecular weight excluding hydrogens is 949 g/mol. The molecule has 0 radical (unpaired) electrons. The molecule has 0 N–H and O–H groups in total. The molecule has 77 heavy (non-hydrogen) atoms. The molecule has 0 amide bonds. The third-order valence-corrected chi connectivity index (χ3v) is 15.3. The maximum absolute atomic E-state index is 12.8. The van der Waals surface area contributed by atoms with Gasteiger partial charge in [-0.2, -0.15) is 0 Å². The average molecular weight is 1080 g/mol. The Labute approximate surface area is 479 Å². The van der Waals surface area contributed by atoms with Crippen LogP contribution in [0.15, 0.2) is 48.6 Å². The van der Waals surface area contributed by atoms with Crippen molar-refractivity contribution in [2.24, 2.45) is 0 Å². The third kappa shape index (κ3) is 64.1. The number of hydrogen-bond acceptors (Lipinski definition) is 6. The summed E-state index contributed by atoms with van der Waals surface area (Å²) >= 11 is 0. The Bertz CT molecular complexity index is 1330. The highest BCUT2D eigenvalue weighted by atomic mass is 16.6. The summed E-state index contributed by atoms with van der Waals surface area (Å²) in [5, 5.41) is 0. The number of carbonyl (C=O) groups is 3. The van der Waals surface area contributed by atoms with E-state index in [1.54, 1.807) is 0 Å². The van der Waals surface area contributed by atoms with Crippen LogP contribution in [0.1, 0.15) is 367 Å². The van der Waals surface area contributed by atoms with Crippen LogP contribution in [-0.2, 0) is 28.6 Å². The Hall–Kier alpha value is -2.63. The fourth-order valence-electron chi connectivity index (χ4n) is 10.2. The fraction of sp³-hybridized carbons (Fsp3) is 0.845. The monoisotopic (exact) mass is 1080 g/mol. The molecule has 1 atom stereocenters. The summed E-state index contributed by atoms with van der Waals surface area (Å²) in [7, 11) is 0. The van der Waals surface area contributed by atoms with Crippen LogP contribution < -0.4 is 0 Å². The van der Waals surface area contributed by atoms with E-state index in [9.17, 15) is 14.4 Å². The summed E-state index contributed by atoms with van der Waals surface area (Å²) in [5.41, 5.74) is 0. The summed E-state index contributed by atoms with van der Waals surface area (Å²) < 4.78 is 16.9. The van der Waals surface area contributed by atoms with Gasteiger partial charge in [0.2, 0.25) is 0 Å². The van der Waals surface area contributed by atoms with Crippen molar-refractivity contribution in [2.45, 2.75) is 374 Å². The van der Waals surface area contributed by atoms with E-state index < -0.39 is 6.10 Å². The number of esters is 3. The maximum Gasteiger partial charge on any atom is 0.306 e. The van der Waals surface area contributed by atoms with E-state index in [1.165, 1.54) is 218 Å². The Morgan fingerprint density at radius 3 is 0.857 bits per heavy atom. The zero-order valence-corrected chi connectivity index (χ0v) is 51.7. The summed E-state index contributed by atoms with van der Waals surface area (Å²) in [6, 6.07) is 0. The Morgan fingerprint density at radius 1 is 0.273 bits per heavy atom. The lowest BCUT2D eigenvalue weighted by Gasteiger charge is -2.18. The van der Waals surface area contributed by atoms with Crippen LogP contribution in [-0.4, -0.2) is 37.2 Å². The first-order valence-corrected chi connectivity index (χ1v) is 34.1. The summed E-state index contributed by atoms with van der Waals surface area (Å²) in [6.07, 6.45) is 83.2. The first-order chi connectivity index (χ1) is 38.0. The van der Waals surface area contributed by atoms with Crippen LogP contribution in [0, 0.1) is 0 Å². The van der Waals surface area contributed by atoms with Crippen LogP contribution in [0.4, 0.5) is 0 Å². The van der Waals surface area contributed by atoms with Crippen molar-refractivity contribution in [3.05, 3.63) is 48.6 Å². The molecule has 0 saturated heterocycles. The Kier molecular flexibility index (Phi) is 63.6. The molecule has 0 rings (SSSR count). The lowest BCUT2D eigenvalue weighted by Crippen LogP contribution is -2.30. The zero-order chi connectivity index (χ0) is 55.7. The molecule has 0 aromatic carbocycles. The summed E-state index contributed by atoms with van der Waals surface area (Å²) in [4.78, 5) is 38.2. The van der Waals surface area contributed by atoms with E-state index in [0.717, 1.165) is 109 Å². The molecule has 0 aliphatic heterocycles. The molecule has 0 aliphatic rings. The van der Waals surface area contributed by atoms with Gasteiger partial charge in [0, 0.05) is 19.3 Å². The second kappa shape index (κ2) is 65.9. The quantitative estimate of drug-likeness (QED) is 0.0261. The van der Waals surface area contributed by atoms with Gasteiger partial charge < -0.3 is 14.2 Å². The molecule has 0 fully saturated rings. The van der Waals surface area contributed by atoms with Gasteiger partial charge in [0.15, 0.2) is 6.10 Å². The number of unbranched alkanes of at least 4 members (excludes halogenated alkanes) is 44. The minimum absolute atomic E-state index is 0.0799. The van der Waals surface area contributed by atoms with Crippen LogP contribution >= 0.6 is 0 Å². The molecule has 450 valence electrons. The molecule has 6 nitrogen and oxygen atoms in total. The second-order valence-corrected chi connectivity index (χ2v) is 23.1. The van der Waals surface area contributed by atoms with Crippen molar-refractivity contribution in [1.82, 2.24) is 0 Å². The van der Waals surface area contributed by atoms with Crippen LogP contribution in [0.2, 0.25) is 0 Å². The van der Waals surface area contributed by atoms with Gasteiger partial charge in [0.05, 0.1) is 0 Å². The minimum Gasteiger partial charge on any atom is -0.462 e. The van der Waals surface area contributed by atoms with Gasteiger partial charge in [0.1, 0.15) is 13.2 Å². The maximum atomic E-state index is 12.8. The van der Waals surface area contributed by atoms with Gasteiger partial charge in [-0.05, 0) is 70.6 Å². The standard InChI is InChI=1S/C71H130O6/c1-4-7-10-13-16-19-22-24-26-27-28-29-30-31-32-33-34-35-36-37-38-39-40-41-42-43-44-46-47-49-52-55-58-61-64-70(73)76-67-68(66-75-69(72)63-60-57-54-51-21-18-15-12-9-6-3)77-71(74)65-62-59-56-53-50-48-45-25-23-20-17-14-11-8-5-2/h8,11-12,15,17,20,25,45,68H,4-7,9-10,13-14,16,18-19,21-24,26-44,46-67H2,1-3H3/b11-8-,15-12-,20-17-,45-25-. The van der Waals surface area contributed by atoms with Gasteiger partial charge in [-0.3, -0.25) is 14.4 Å². The first-order valence-electron chi connectivity index (χ1n) is 34.1. The molecule has 0 aromatic heterocycles. The van der Waals surface area contributed by atoms with E-state index in [2.05, 4.69) is 69.4 Å². The Morgan fingerprint density at radius 2 is 0.532 bits per heavy atom. The molecular formula is C71H130O6. The van der Waals surface area contributed by atoms with E-state index in [-0.39, 0.29) is 31.1 Å². The predicted octanol–water partition coefficient (Wildman–Crippen LogP) is 23.3. The molecule has 1 unspecified atom stereocenters. The first kappa shape index (κ1) is 74.4. The molecule has 0 spiro atoms. The van der Waals surface area contributed by atoms with Gasteiger partial charge in [-0.1, -0.05) is 326 Å². The summed E-state index contributed by atoms with van der Waals surface area (Å²) in [5.74, 6) is -0.891. The number of ether oxygens (including phenoxy) is 3. The van der Waals surface area contributed by atoms with Gasteiger partial charge in [-0.15, -0.1) is 0 Å². The lowest BCUT2D eigenvalue weighted by molar-refractivity contribution is -0.167. The van der Waals surface area contributed by atoms with Crippen LogP contribution in [0.5, 0.6) is 0 Å². The van der Waals surface area contributed by atoms with Crippen LogP contribution in [0.3, 0.4) is 0 Å². The normalized spacial score (nSPS) is 12.3. The van der Waals surface area contributed by atoms with Gasteiger partial charge in [0.25, 0.3) is 0 Å². The van der Waals surface area contributed by atoms with Gasteiger partial charge >= 0.3 is 17.9 Å². The Balaban J connectivity index is 4.00. The van der Waals surface area contributed by atoms with Crippen molar-refractivity contribution in [1.29, 1.82) is 0 Å². The molecule has 6 heteroatoms. The molecule has 0 saturated carbocycles. The van der Waals surface area contributed by atoms with E-state index in [1.807, 2.05) is 0 Å². The van der Waals surface area contributed by atoms with Crippen molar-refractivity contribution < 1.29 is 28.6 Å². The number of carbonyl (C=O) groups excluding carboxylic acids is 3. The average Bonchev–Trinajstić information content (AvgIpc) is 3.43. The van der Waals surface area contributed by atoms with Gasteiger partial charge in [-0.25, -0.2) is 0 Å². The summed E-state index contributed by atoms with van der Waals surface area (Å²) in [6.45, 7) is 6.49. The number of rotatable bonds is 63. The van der Waals surface area contributed by atoms with E-state index >= 15 is 0 Å². The van der Waals surface area contributed by atoms with Crippen molar-refractivity contribution in [3.63, 3.8) is 0 Å². The largest absolute Gasteiger partial charge is 0.462 e. The third-order valence-electron chi connectivity index (χ3n) is 15.3. The smallest absolute Gasteiger partial charge is 0.306 e. The molecule has 0 bridgehead atoms.